The van der Waals surface area contributed by atoms with E-state index >= 15 is 0 Å². The van der Waals surface area contributed by atoms with Crippen molar-refractivity contribution < 1.29 is 64.6 Å². The average Bonchev–Trinajstić information content (AvgIpc) is 3.34. The van der Waals surface area contributed by atoms with Crippen molar-refractivity contribution in [1.82, 2.24) is 5.32 Å². The third kappa shape index (κ3) is 27.7. The van der Waals surface area contributed by atoms with Crippen LogP contribution in [0, 0.1) is 0 Å². The van der Waals surface area contributed by atoms with Crippen LogP contribution in [-0.2, 0) is 23.7 Å². The van der Waals surface area contributed by atoms with Crippen molar-refractivity contribution in [3.8, 4) is 0 Å². The van der Waals surface area contributed by atoms with E-state index in [0.29, 0.717) is 12.8 Å². The van der Waals surface area contributed by atoms with Gasteiger partial charge in [0.2, 0.25) is 5.91 Å². The number of carbonyl (C=O) groups excluding carboxylic acids is 1. The van der Waals surface area contributed by atoms with E-state index in [1.807, 2.05) is 0 Å². The Balaban J connectivity index is 1.72. The Morgan fingerprint density at radius 2 is 0.838 bits per heavy atom. The highest BCUT2D eigenvalue weighted by atomic mass is 16.7. The number of unbranched alkanes of at least 4 members (excludes halogenated alkanes) is 32. The zero-order chi connectivity index (χ0) is 49.6. The highest BCUT2D eigenvalue weighted by Gasteiger charge is 2.51. The predicted molar refractivity (Wildman–Crippen MR) is 268 cm³/mol. The molecule has 2 saturated heterocycles. The summed E-state index contributed by atoms with van der Waals surface area (Å²) in [5, 5.41) is 87.0. The number of nitrogens with one attached hydrogen (secondary N) is 1. The third-order valence-corrected chi connectivity index (χ3v) is 14.3. The minimum Gasteiger partial charge on any atom is -0.394 e. The van der Waals surface area contributed by atoms with E-state index in [9.17, 15) is 45.6 Å². The van der Waals surface area contributed by atoms with Crippen molar-refractivity contribution in [2.24, 2.45) is 0 Å². The first-order chi connectivity index (χ1) is 33.1. The van der Waals surface area contributed by atoms with Gasteiger partial charge in [0.25, 0.3) is 0 Å². The summed E-state index contributed by atoms with van der Waals surface area (Å²) in [5.41, 5.74) is 0. The number of ether oxygens (including phenoxy) is 4. The number of hydrogen-bond donors (Lipinski definition) is 9. The molecule has 9 N–H and O–H groups in total. The van der Waals surface area contributed by atoms with Crippen LogP contribution in [-0.4, -0.2) is 140 Å². The first kappa shape index (κ1) is 63.1. The van der Waals surface area contributed by atoms with Gasteiger partial charge in [-0.15, -0.1) is 0 Å². The molecule has 0 bridgehead atoms. The minimum absolute atomic E-state index is 0.202. The van der Waals surface area contributed by atoms with Crippen molar-refractivity contribution in [3.05, 3.63) is 0 Å². The summed E-state index contributed by atoms with van der Waals surface area (Å²) < 4.78 is 22.8. The molecule has 12 atom stereocenters. The van der Waals surface area contributed by atoms with Crippen LogP contribution in [0.15, 0.2) is 0 Å². The molecular formula is C54H105NO13. The van der Waals surface area contributed by atoms with E-state index in [2.05, 4.69) is 19.2 Å². The van der Waals surface area contributed by atoms with Crippen LogP contribution in [0.3, 0.4) is 0 Å². The molecule has 14 nitrogen and oxygen atoms in total. The summed E-state index contributed by atoms with van der Waals surface area (Å²) in [6, 6.07) is -0.821. The maximum absolute atomic E-state index is 13.2. The van der Waals surface area contributed by atoms with Gasteiger partial charge in [-0.3, -0.25) is 4.79 Å². The maximum atomic E-state index is 13.2. The number of rotatable bonds is 45. The Bertz CT molecular complexity index is 1150. The fourth-order valence-electron chi connectivity index (χ4n) is 9.71. The normalized spacial score (nSPS) is 26.3. The van der Waals surface area contributed by atoms with Crippen molar-refractivity contribution in [3.63, 3.8) is 0 Å². The molecule has 2 heterocycles. The largest absolute Gasteiger partial charge is 0.394 e. The molecular weight excluding hydrogens is 871 g/mol. The average molecular weight is 976 g/mol. The first-order valence-corrected chi connectivity index (χ1v) is 28.3. The second kappa shape index (κ2) is 41.5. The van der Waals surface area contributed by atoms with Gasteiger partial charge >= 0.3 is 0 Å². The van der Waals surface area contributed by atoms with Crippen molar-refractivity contribution in [2.75, 3.05) is 19.8 Å². The van der Waals surface area contributed by atoms with E-state index in [0.717, 1.165) is 51.4 Å². The fourth-order valence-corrected chi connectivity index (χ4v) is 9.71. The molecule has 0 aliphatic carbocycles. The lowest BCUT2D eigenvalue weighted by Crippen LogP contribution is -2.65. The summed E-state index contributed by atoms with van der Waals surface area (Å²) in [5.74, 6) is -0.202. The van der Waals surface area contributed by atoms with Gasteiger partial charge in [0.1, 0.15) is 48.8 Å². The Hall–Kier alpha value is -1.01. The predicted octanol–water partition coefficient (Wildman–Crippen LogP) is 8.56. The standard InChI is InChI=1S/C54H105NO13/c1-3-5-7-9-11-13-15-16-17-18-19-20-21-22-23-24-25-26-28-30-32-34-36-38-46(59)55-42(43(58)37-35-33-31-29-27-14-12-10-8-6-4-2)41-65-53-51(64)49(62)52(45(40-57)67-53)68-54-50(63)48(61)47(60)44(39-56)66-54/h42-45,47-54,56-58,60-64H,3-41H2,1-2H3,(H,55,59)/t42-,43+,44+,45+,47-,48?,49?,50?,51?,52+,53+,54-/m0/s1. The molecule has 14 heteroatoms. The molecule has 2 rings (SSSR count). The van der Waals surface area contributed by atoms with E-state index in [-0.39, 0.29) is 12.5 Å². The van der Waals surface area contributed by atoms with Crippen molar-refractivity contribution >= 4 is 5.91 Å². The first-order valence-electron chi connectivity index (χ1n) is 28.3. The Kier molecular flexibility index (Phi) is 38.5. The van der Waals surface area contributed by atoms with Gasteiger partial charge in [0, 0.05) is 6.42 Å². The number of hydrogen-bond acceptors (Lipinski definition) is 13. The quantitative estimate of drug-likeness (QED) is 0.0261. The van der Waals surface area contributed by atoms with Gasteiger partial charge < -0.3 is 65.1 Å². The summed E-state index contributed by atoms with van der Waals surface area (Å²) in [4.78, 5) is 13.2. The summed E-state index contributed by atoms with van der Waals surface area (Å²) in [7, 11) is 0. The zero-order valence-corrected chi connectivity index (χ0v) is 43.1. The van der Waals surface area contributed by atoms with Crippen LogP contribution >= 0.6 is 0 Å². The van der Waals surface area contributed by atoms with Crippen molar-refractivity contribution in [1.29, 1.82) is 0 Å². The number of amides is 1. The fraction of sp³-hybridized carbons (Fsp3) is 0.981. The van der Waals surface area contributed by atoms with Crippen LogP contribution in [0.2, 0.25) is 0 Å². The summed E-state index contributed by atoms with van der Waals surface area (Å²) >= 11 is 0. The molecule has 0 radical (unpaired) electrons. The molecule has 2 aliphatic rings. The second-order valence-electron chi connectivity index (χ2n) is 20.4. The number of aliphatic hydroxyl groups excluding tert-OH is 8. The molecule has 2 fully saturated rings. The van der Waals surface area contributed by atoms with Crippen LogP contribution in [0.5, 0.6) is 0 Å². The molecule has 0 spiro atoms. The SMILES string of the molecule is CCCCCCCCCCCCCCCCCCCCCCCCCC(=O)N[C@@H](CO[C@@H]1O[C@H](CO)[C@@H](O[C@@H]2O[C@H](CO)[C@H](O)C(O)C2O)C(O)C1O)[C@H](O)CCCCCCCCCCCCC. The monoisotopic (exact) mass is 976 g/mol. The van der Waals surface area contributed by atoms with Gasteiger partial charge in [-0.25, -0.2) is 0 Å². The minimum atomic E-state index is -1.78. The molecule has 0 aromatic heterocycles. The number of carbonyl (C=O) groups is 1. The van der Waals surface area contributed by atoms with Gasteiger partial charge in [0.05, 0.1) is 32.0 Å². The maximum Gasteiger partial charge on any atom is 0.220 e. The molecule has 404 valence electrons. The lowest BCUT2D eigenvalue weighted by atomic mass is 9.97. The van der Waals surface area contributed by atoms with Crippen LogP contribution in [0.4, 0.5) is 0 Å². The zero-order valence-electron chi connectivity index (χ0n) is 43.1. The van der Waals surface area contributed by atoms with E-state index < -0.39 is 86.8 Å². The third-order valence-electron chi connectivity index (χ3n) is 14.3. The van der Waals surface area contributed by atoms with Gasteiger partial charge in [-0.05, 0) is 12.8 Å². The highest BCUT2D eigenvalue weighted by Crippen LogP contribution is 2.30. The second-order valence-corrected chi connectivity index (χ2v) is 20.4. The Morgan fingerprint density at radius 1 is 0.471 bits per heavy atom. The van der Waals surface area contributed by atoms with E-state index in [1.165, 1.54) is 167 Å². The highest BCUT2D eigenvalue weighted by molar-refractivity contribution is 5.76. The molecule has 68 heavy (non-hydrogen) atoms. The van der Waals surface area contributed by atoms with Crippen LogP contribution < -0.4 is 5.32 Å². The van der Waals surface area contributed by atoms with Gasteiger partial charge in [0.15, 0.2) is 12.6 Å². The Morgan fingerprint density at radius 3 is 1.25 bits per heavy atom. The molecule has 1 amide bonds. The summed E-state index contributed by atoms with van der Waals surface area (Å²) in [6.45, 7) is 2.87. The molecule has 4 unspecified atom stereocenters. The van der Waals surface area contributed by atoms with Crippen LogP contribution in [0.25, 0.3) is 0 Å². The lowest BCUT2D eigenvalue weighted by molar-refractivity contribution is -0.359. The van der Waals surface area contributed by atoms with Gasteiger partial charge in [-0.2, -0.15) is 0 Å². The molecule has 0 aromatic carbocycles. The topological polar surface area (TPSA) is 228 Å². The van der Waals surface area contributed by atoms with Crippen LogP contribution in [0.1, 0.15) is 245 Å². The number of aliphatic hydroxyl groups is 8. The van der Waals surface area contributed by atoms with E-state index in [1.54, 1.807) is 0 Å². The lowest BCUT2D eigenvalue weighted by Gasteiger charge is -2.46. The molecule has 0 saturated carbocycles. The summed E-state index contributed by atoms with van der Waals surface area (Å²) in [6.07, 6.45) is 26.9. The van der Waals surface area contributed by atoms with E-state index in [4.69, 9.17) is 18.9 Å². The molecule has 2 aliphatic heterocycles. The Labute approximate surface area is 413 Å². The smallest absolute Gasteiger partial charge is 0.220 e. The molecule has 0 aromatic rings. The van der Waals surface area contributed by atoms with Crippen molar-refractivity contribution in [2.45, 2.75) is 319 Å². The van der Waals surface area contributed by atoms with Gasteiger partial charge in [-0.1, -0.05) is 226 Å².